The number of sulfone groups is 1. The second-order valence-corrected chi connectivity index (χ2v) is 8.29. The second-order valence-electron chi connectivity index (χ2n) is 6.13. The lowest BCUT2D eigenvalue weighted by molar-refractivity contribution is -0.104. The molecule has 0 saturated heterocycles. The highest BCUT2D eigenvalue weighted by Crippen LogP contribution is 2.39. The fraction of sp³-hybridized carbons (Fsp3) is 0.278. The molecule has 1 heterocycles. The molecule has 3 rings (SSSR count). The van der Waals surface area contributed by atoms with Gasteiger partial charge in [0, 0.05) is 5.92 Å². The van der Waals surface area contributed by atoms with Crippen LogP contribution in [-0.4, -0.2) is 31.2 Å². The van der Waals surface area contributed by atoms with Crippen molar-refractivity contribution in [3.05, 3.63) is 64.8 Å². The minimum atomic E-state index is -3.78. The average molecular weight is 394 g/mol. The van der Waals surface area contributed by atoms with Gasteiger partial charge in [-0.3, -0.25) is 0 Å². The van der Waals surface area contributed by atoms with E-state index >= 15 is 0 Å². The van der Waals surface area contributed by atoms with Gasteiger partial charge in [0.25, 0.3) is 0 Å². The summed E-state index contributed by atoms with van der Waals surface area (Å²) in [7, 11) is -3.78. The van der Waals surface area contributed by atoms with Gasteiger partial charge in [-0.05, 0) is 32.1 Å². The van der Waals surface area contributed by atoms with E-state index < -0.39 is 21.8 Å². The van der Waals surface area contributed by atoms with Crippen molar-refractivity contribution in [1.82, 2.24) is 5.06 Å². The molecule has 2 atom stereocenters. The Bertz CT molecular complexity index is 918. The van der Waals surface area contributed by atoms with Crippen molar-refractivity contribution >= 4 is 27.1 Å². The van der Waals surface area contributed by atoms with Crippen molar-refractivity contribution in [1.29, 1.82) is 0 Å². The SMILES string of the molecule is CC1=C(S(=O)(=O)c2ccc(C)cc2)C(C2C=CC=CC2=NN)N(CCl)O1. The van der Waals surface area contributed by atoms with Gasteiger partial charge in [0.2, 0.25) is 9.84 Å². The Balaban J connectivity index is 2.11. The van der Waals surface area contributed by atoms with E-state index in [1.54, 1.807) is 43.3 Å². The Morgan fingerprint density at radius 3 is 2.54 bits per heavy atom. The van der Waals surface area contributed by atoms with Crippen LogP contribution < -0.4 is 5.84 Å². The maximum atomic E-state index is 13.3. The van der Waals surface area contributed by atoms with Gasteiger partial charge in [0.05, 0.1) is 16.6 Å². The number of benzene rings is 1. The Morgan fingerprint density at radius 1 is 1.23 bits per heavy atom. The summed E-state index contributed by atoms with van der Waals surface area (Å²) in [5.74, 6) is 5.42. The summed E-state index contributed by atoms with van der Waals surface area (Å²) < 4.78 is 26.7. The smallest absolute Gasteiger partial charge is 0.207 e. The van der Waals surface area contributed by atoms with Crippen molar-refractivity contribution in [2.75, 3.05) is 6.00 Å². The van der Waals surface area contributed by atoms with E-state index in [1.165, 1.54) is 5.06 Å². The molecule has 0 amide bonds. The molecule has 0 fully saturated rings. The largest absolute Gasteiger partial charge is 0.408 e. The minimum Gasteiger partial charge on any atom is -0.408 e. The predicted molar refractivity (Wildman–Crippen MR) is 102 cm³/mol. The Labute approximate surface area is 158 Å². The molecule has 2 N–H and O–H groups in total. The number of hydrazone groups is 1. The maximum Gasteiger partial charge on any atom is 0.207 e. The molecule has 0 spiro atoms. The van der Waals surface area contributed by atoms with Gasteiger partial charge in [-0.2, -0.15) is 5.10 Å². The number of halogens is 1. The first-order valence-electron chi connectivity index (χ1n) is 8.06. The van der Waals surface area contributed by atoms with Crippen molar-refractivity contribution in [3.8, 4) is 0 Å². The predicted octanol–water partition coefficient (Wildman–Crippen LogP) is 2.87. The highest BCUT2D eigenvalue weighted by atomic mass is 35.5. The molecule has 0 saturated carbocycles. The van der Waals surface area contributed by atoms with Crippen LogP contribution >= 0.6 is 11.6 Å². The van der Waals surface area contributed by atoms with Crippen molar-refractivity contribution in [2.45, 2.75) is 24.8 Å². The number of rotatable bonds is 4. The van der Waals surface area contributed by atoms with Gasteiger partial charge in [-0.1, -0.05) is 35.9 Å². The molecule has 138 valence electrons. The Morgan fingerprint density at radius 2 is 1.92 bits per heavy atom. The molecule has 2 unspecified atom stereocenters. The first-order chi connectivity index (χ1) is 12.4. The van der Waals surface area contributed by atoms with E-state index in [4.69, 9.17) is 22.3 Å². The van der Waals surface area contributed by atoms with Gasteiger partial charge >= 0.3 is 0 Å². The molecule has 8 heteroatoms. The van der Waals surface area contributed by atoms with Crippen LogP contribution in [0.2, 0.25) is 0 Å². The number of hydrogen-bond donors (Lipinski definition) is 1. The van der Waals surface area contributed by atoms with E-state index in [1.807, 2.05) is 19.1 Å². The number of alkyl halides is 1. The van der Waals surface area contributed by atoms with Crippen LogP contribution in [0.3, 0.4) is 0 Å². The van der Waals surface area contributed by atoms with E-state index in [9.17, 15) is 8.42 Å². The van der Waals surface area contributed by atoms with Crippen molar-refractivity contribution in [3.63, 3.8) is 0 Å². The topological polar surface area (TPSA) is 85.0 Å². The molecular weight excluding hydrogens is 374 g/mol. The van der Waals surface area contributed by atoms with Crippen LogP contribution in [0, 0.1) is 12.8 Å². The minimum absolute atomic E-state index is 0.000824. The zero-order chi connectivity index (χ0) is 18.9. The van der Waals surface area contributed by atoms with Crippen molar-refractivity contribution in [2.24, 2.45) is 16.9 Å². The third kappa shape index (κ3) is 3.18. The van der Waals surface area contributed by atoms with Crippen LogP contribution in [0.4, 0.5) is 0 Å². The van der Waals surface area contributed by atoms with Crippen LogP contribution in [0.25, 0.3) is 0 Å². The number of hydroxylamine groups is 2. The standard InChI is InChI=1S/C18H20ClN3O3S/c1-12-7-9-14(10-8-12)26(23,24)18-13(2)25-22(11-19)17(18)15-5-3-4-6-16(15)21-20/h3-10,15,17H,11,20H2,1-2H3. The van der Waals surface area contributed by atoms with Crippen LogP contribution in [0.5, 0.6) is 0 Å². The number of allylic oxidation sites excluding steroid dienone is 4. The molecular formula is C18H20ClN3O3S. The van der Waals surface area contributed by atoms with Crippen LogP contribution in [0.1, 0.15) is 12.5 Å². The zero-order valence-electron chi connectivity index (χ0n) is 14.5. The van der Waals surface area contributed by atoms with E-state index in [0.717, 1.165) is 5.56 Å². The highest BCUT2D eigenvalue weighted by molar-refractivity contribution is 7.95. The van der Waals surface area contributed by atoms with Gasteiger partial charge in [0.15, 0.2) is 0 Å². The lowest BCUT2D eigenvalue weighted by Gasteiger charge is -2.29. The van der Waals surface area contributed by atoms with Gasteiger partial charge in [0.1, 0.15) is 16.7 Å². The normalized spacial score (nSPS) is 25.1. The molecule has 1 aliphatic carbocycles. The summed E-state index contributed by atoms with van der Waals surface area (Å²) in [6, 6.07) is 6.08. The number of hydrogen-bond acceptors (Lipinski definition) is 6. The number of aryl methyl sites for hydroxylation is 1. The highest BCUT2D eigenvalue weighted by Gasteiger charge is 2.46. The fourth-order valence-corrected chi connectivity index (χ4v) is 5.14. The summed E-state index contributed by atoms with van der Waals surface area (Å²) in [6.07, 6.45) is 7.23. The van der Waals surface area contributed by atoms with E-state index in [0.29, 0.717) is 11.5 Å². The summed E-state index contributed by atoms with van der Waals surface area (Å²) in [5.41, 5.74) is 1.54. The summed E-state index contributed by atoms with van der Waals surface area (Å²) in [6.45, 7) is 3.53. The molecule has 6 nitrogen and oxygen atoms in total. The molecule has 1 aliphatic heterocycles. The molecule has 1 aromatic rings. The lowest BCUT2D eigenvalue weighted by atomic mass is 9.90. The quantitative estimate of drug-likeness (QED) is 0.368. The van der Waals surface area contributed by atoms with Gasteiger partial charge in [-0.25, -0.2) is 8.42 Å². The molecule has 2 aliphatic rings. The molecule has 0 aromatic heterocycles. The number of nitrogens with zero attached hydrogens (tertiary/aromatic N) is 2. The van der Waals surface area contributed by atoms with Crippen molar-refractivity contribution < 1.29 is 13.3 Å². The van der Waals surface area contributed by atoms with Gasteiger partial charge in [-0.15, -0.1) is 16.7 Å². The summed E-state index contributed by atoms with van der Waals surface area (Å²) >= 11 is 6.03. The van der Waals surface area contributed by atoms with E-state index in [-0.39, 0.29) is 15.8 Å². The van der Waals surface area contributed by atoms with Crippen LogP contribution in [-0.2, 0) is 14.7 Å². The third-order valence-corrected chi connectivity index (χ3v) is 6.68. The average Bonchev–Trinajstić information content (AvgIpc) is 2.99. The fourth-order valence-electron chi connectivity index (χ4n) is 3.19. The molecule has 0 bridgehead atoms. The second kappa shape index (κ2) is 7.26. The van der Waals surface area contributed by atoms with Gasteiger partial charge < -0.3 is 10.7 Å². The van der Waals surface area contributed by atoms with Crippen LogP contribution in [0.15, 0.2) is 69.2 Å². The molecule has 1 aromatic carbocycles. The zero-order valence-corrected chi connectivity index (χ0v) is 16.0. The summed E-state index contributed by atoms with van der Waals surface area (Å²) in [5, 5.41) is 5.25. The Kier molecular flexibility index (Phi) is 5.22. The first kappa shape index (κ1) is 18.7. The summed E-state index contributed by atoms with van der Waals surface area (Å²) in [4.78, 5) is 6.05. The Hall–Kier alpha value is -2.09. The first-order valence-corrected chi connectivity index (χ1v) is 10.1. The maximum absolute atomic E-state index is 13.3. The molecule has 26 heavy (non-hydrogen) atoms. The molecule has 0 radical (unpaired) electrons. The number of nitrogens with two attached hydrogens (primary N) is 1. The third-order valence-electron chi connectivity index (χ3n) is 4.45. The van der Waals surface area contributed by atoms with E-state index in [2.05, 4.69) is 5.10 Å². The lowest BCUT2D eigenvalue weighted by Crippen LogP contribution is -2.41. The monoisotopic (exact) mass is 393 g/mol.